The molecule has 0 N–H and O–H groups in total. The highest BCUT2D eigenvalue weighted by Crippen LogP contribution is 2.52. The molecule has 104 valence electrons. The molecule has 0 amide bonds. The fourth-order valence-corrected chi connectivity index (χ4v) is 4.63. The Morgan fingerprint density at radius 2 is 1.89 bits per heavy atom. The summed E-state index contributed by atoms with van der Waals surface area (Å²) in [5.74, 6) is 0.762. The number of rotatable bonds is 1. The lowest BCUT2D eigenvalue weighted by Gasteiger charge is -2.28. The number of fused-ring (bicyclic) bond motifs is 2. The number of hydrogen-bond acceptors (Lipinski definition) is 0. The van der Waals surface area contributed by atoms with Crippen molar-refractivity contribution >= 4 is 0 Å². The van der Waals surface area contributed by atoms with Crippen molar-refractivity contribution in [2.24, 2.45) is 0 Å². The van der Waals surface area contributed by atoms with Crippen molar-refractivity contribution in [2.45, 2.75) is 83.5 Å². The maximum Gasteiger partial charge on any atom is -0.00666 e. The largest absolute Gasteiger partial charge is 0.0645 e. The Bertz CT molecular complexity index is 509. The zero-order valence-electron chi connectivity index (χ0n) is 13.3. The molecule has 2 unspecified atom stereocenters. The van der Waals surface area contributed by atoms with Gasteiger partial charge in [-0.3, -0.25) is 0 Å². The summed E-state index contributed by atoms with van der Waals surface area (Å²) in [4.78, 5) is 0. The minimum atomic E-state index is 0.353. The van der Waals surface area contributed by atoms with Gasteiger partial charge in [-0.2, -0.15) is 0 Å². The van der Waals surface area contributed by atoms with Gasteiger partial charge in [0.15, 0.2) is 0 Å². The highest BCUT2D eigenvalue weighted by Gasteiger charge is 2.44. The Kier molecular flexibility index (Phi) is 2.86. The fraction of sp³-hybridized carbons (Fsp3) is 0.684. The van der Waals surface area contributed by atoms with Gasteiger partial charge in [0.05, 0.1) is 0 Å². The normalized spacial score (nSPS) is 31.9. The smallest absolute Gasteiger partial charge is 0.00666 e. The predicted molar refractivity (Wildman–Crippen MR) is 83.1 cm³/mol. The monoisotopic (exact) mass is 256 g/mol. The lowest BCUT2D eigenvalue weighted by molar-refractivity contribution is 0.366. The molecule has 0 nitrogen and oxygen atoms in total. The van der Waals surface area contributed by atoms with E-state index in [1.165, 1.54) is 32.1 Å². The van der Waals surface area contributed by atoms with Crippen molar-refractivity contribution in [3.63, 3.8) is 0 Å². The second-order valence-electron chi connectivity index (χ2n) is 7.86. The minimum absolute atomic E-state index is 0.353. The van der Waals surface area contributed by atoms with Crippen LogP contribution in [0.5, 0.6) is 0 Å². The van der Waals surface area contributed by atoms with E-state index in [1.54, 1.807) is 22.3 Å². The van der Waals surface area contributed by atoms with Crippen LogP contribution in [0, 0.1) is 0 Å². The third kappa shape index (κ3) is 1.87. The molecule has 3 rings (SSSR count). The van der Waals surface area contributed by atoms with Crippen LogP contribution in [-0.4, -0.2) is 0 Å². The molecule has 0 saturated heterocycles. The maximum atomic E-state index is 2.58. The lowest BCUT2D eigenvalue weighted by atomic mass is 9.77. The summed E-state index contributed by atoms with van der Waals surface area (Å²) in [5, 5.41) is 0. The Hall–Kier alpha value is -0.780. The molecular formula is C19H28. The molecule has 0 bridgehead atoms. The van der Waals surface area contributed by atoms with Gasteiger partial charge in [0, 0.05) is 0 Å². The van der Waals surface area contributed by atoms with Gasteiger partial charge in [-0.1, -0.05) is 46.8 Å². The molecular weight excluding hydrogens is 228 g/mol. The highest BCUT2D eigenvalue weighted by atomic mass is 14.5. The Morgan fingerprint density at radius 1 is 1.16 bits per heavy atom. The van der Waals surface area contributed by atoms with Crippen molar-refractivity contribution in [1.82, 2.24) is 0 Å². The van der Waals surface area contributed by atoms with Crippen LogP contribution in [0.1, 0.15) is 88.5 Å². The van der Waals surface area contributed by atoms with E-state index in [-0.39, 0.29) is 0 Å². The average Bonchev–Trinajstić information content (AvgIpc) is 2.56. The SMILES string of the molecule is CCC1(C)CC(C)(C)c2cc3c(cc21)CCCC3C. The standard InChI is InChI=1S/C19H28/c1-6-19(5)12-18(3,4)16-11-15-13(2)8-7-9-14(15)10-17(16)19/h10-11,13H,6-9,12H2,1-5H3. The fourth-order valence-electron chi connectivity index (χ4n) is 4.63. The first-order chi connectivity index (χ1) is 8.87. The first kappa shape index (κ1) is 13.2. The van der Waals surface area contributed by atoms with Crippen LogP contribution in [0.15, 0.2) is 12.1 Å². The first-order valence-corrected chi connectivity index (χ1v) is 8.05. The number of benzene rings is 1. The maximum absolute atomic E-state index is 2.58. The third-order valence-electron chi connectivity index (χ3n) is 5.89. The summed E-state index contributed by atoms with van der Waals surface area (Å²) in [5.41, 5.74) is 7.35. The van der Waals surface area contributed by atoms with E-state index in [9.17, 15) is 0 Å². The van der Waals surface area contributed by atoms with E-state index >= 15 is 0 Å². The summed E-state index contributed by atoms with van der Waals surface area (Å²) in [7, 11) is 0. The van der Waals surface area contributed by atoms with E-state index in [2.05, 4.69) is 46.8 Å². The lowest BCUT2D eigenvalue weighted by Crippen LogP contribution is -2.20. The topological polar surface area (TPSA) is 0 Å². The summed E-state index contributed by atoms with van der Waals surface area (Å²) in [6.07, 6.45) is 6.62. The third-order valence-corrected chi connectivity index (χ3v) is 5.89. The van der Waals surface area contributed by atoms with Crippen molar-refractivity contribution in [2.75, 3.05) is 0 Å². The predicted octanol–water partition coefficient (Wildman–Crippen LogP) is 5.48. The van der Waals surface area contributed by atoms with E-state index in [0.717, 1.165) is 5.92 Å². The Morgan fingerprint density at radius 3 is 2.58 bits per heavy atom. The van der Waals surface area contributed by atoms with Gasteiger partial charge in [0.1, 0.15) is 0 Å². The van der Waals surface area contributed by atoms with E-state index in [1.807, 2.05) is 0 Å². The molecule has 0 fully saturated rings. The average molecular weight is 256 g/mol. The molecule has 2 atom stereocenters. The van der Waals surface area contributed by atoms with E-state index in [4.69, 9.17) is 0 Å². The second-order valence-corrected chi connectivity index (χ2v) is 7.86. The molecule has 19 heavy (non-hydrogen) atoms. The molecule has 0 radical (unpaired) electrons. The number of aryl methyl sites for hydroxylation is 1. The van der Waals surface area contributed by atoms with Gasteiger partial charge in [-0.25, -0.2) is 0 Å². The van der Waals surface area contributed by atoms with Gasteiger partial charge in [0.2, 0.25) is 0 Å². The zero-order valence-corrected chi connectivity index (χ0v) is 13.3. The van der Waals surface area contributed by atoms with Crippen LogP contribution < -0.4 is 0 Å². The van der Waals surface area contributed by atoms with Crippen molar-refractivity contribution in [3.05, 3.63) is 34.4 Å². The van der Waals surface area contributed by atoms with Gasteiger partial charge >= 0.3 is 0 Å². The van der Waals surface area contributed by atoms with Gasteiger partial charge in [0.25, 0.3) is 0 Å². The Balaban J connectivity index is 2.21. The summed E-state index contributed by atoms with van der Waals surface area (Å²) < 4.78 is 0. The zero-order chi connectivity index (χ0) is 13.8. The van der Waals surface area contributed by atoms with Crippen LogP contribution in [0.3, 0.4) is 0 Å². The summed E-state index contributed by atoms with van der Waals surface area (Å²) in [6, 6.07) is 5.16. The van der Waals surface area contributed by atoms with Crippen LogP contribution >= 0.6 is 0 Å². The molecule has 1 aromatic rings. The Labute approximate surface area is 118 Å². The quantitative estimate of drug-likeness (QED) is 0.624. The van der Waals surface area contributed by atoms with E-state index in [0.29, 0.717) is 10.8 Å². The molecule has 1 aromatic carbocycles. The van der Waals surface area contributed by atoms with Crippen molar-refractivity contribution in [1.29, 1.82) is 0 Å². The molecule has 0 spiro atoms. The molecule has 0 heterocycles. The molecule has 0 aliphatic heterocycles. The summed E-state index contributed by atoms with van der Waals surface area (Å²) >= 11 is 0. The van der Waals surface area contributed by atoms with Crippen LogP contribution in [-0.2, 0) is 17.3 Å². The summed E-state index contributed by atoms with van der Waals surface area (Å²) in [6.45, 7) is 12.1. The molecule has 0 aromatic heterocycles. The number of hydrogen-bond donors (Lipinski definition) is 0. The minimum Gasteiger partial charge on any atom is -0.0645 e. The molecule has 2 aliphatic rings. The van der Waals surface area contributed by atoms with Gasteiger partial charge in [-0.05, 0) is 71.1 Å². The van der Waals surface area contributed by atoms with Crippen LogP contribution in [0.4, 0.5) is 0 Å². The van der Waals surface area contributed by atoms with Crippen LogP contribution in [0.25, 0.3) is 0 Å². The molecule has 0 saturated carbocycles. The highest BCUT2D eigenvalue weighted by molar-refractivity contribution is 5.51. The van der Waals surface area contributed by atoms with Crippen molar-refractivity contribution < 1.29 is 0 Å². The van der Waals surface area contributed by atoms with Gasteiger partial charge in [-0.15, -0.1) is 0 Å². The molecule has 2 aliphatic carbocycles. The molecule has 0 heteroatoms. The first-order valence-electron chi connectivity index (χ1n) is 8.05. The van der Waals surface area contributed by atoms with E-state index < -0.39 is 0 Å². The van der Waals surface area contributed by atoms with Crippen LogP contribution in [0.2, 0.25) is 0 Å². The van der Waals surface area contributed by atoms with Gasteiger partial charge < -0.3 is 0 Å². The van der Waals surface area contributed by atoms with Crippen molar-refractivity contribution in [3.8, 4) is 0 Å². The second kappa shape index (κ2) is 4.11.